The molecular weight excluding hydrogens is 352 g/mol. The van der Waals surface area contributed by atoms with Crippen molar-refractivity contribution in [1.29, 1.82) is 0 Å². The van der Waals surface area contributed by atoms with Gasteiger partial charge in [0.25, 0.3) is 0 Å². The zero-order valence-corrected chi connectivity index (χ0v) is 16.9. The van der Waals surface area contributed by atoms with Crippen molar-refractivity contribution in [3.63, 3.8) is 0 Å². The molecule has 0 radical (unpaired) electrons. The number of aromatic nitrogens is 2. The molecule has 1 aromatic carbocycles. The molecule has 6 heteroatoms. The Labute approximate surface area is 165 Å². The van der Waals surface area contributed by atoms with Gasteiger partial charge in [0, 0.05) is 31.4 Å². The number of hydrogen-bond acceptors (Lipinski definition) is 3. The first-order valence-electron chi connectivity index (χ1n) is 10.1. The van der Waals surface area contributed by atoms with Crippen molar-refractivity contribution in [1.82, 2.24) is 15.1 Å². The van der Waals surface area contributed by atoms with Gasteiger partial charge >= 0.3 is 0 Å². The van der Waals surface area contributed by atoms with Gasteiger partial charge in [-0.1, -0.05) is 6.07 Å². The van der Waals surface area contributed by atoms with E-state index in [9.17, 15) is 9.59 Å². The number of carbonyl (C=O) groups is 2. The average Bonchev–Trinajstić information content (AvgIpc) is 3.23. The largest absolute Gasteiger partial charge is 0.350 e. The van der Waals surface area contributed by atoms with Crippen molar-refractivity contribution in [3.8, 4) is 0 Å². The first-order chi connectivity index (χ1) is 13.4. The maximum Gasteiger partial charge on any atom is 0.227 e. The molecule has 2 amide bonds. The van der Waals surface area contributed by atoms with Crippen LogP contribution in [0.5, 0.6) is 0 Å². The summed E-state index contributed by atoms with van der Waals surface area (Å²) in [4.78, 5) is 26.9. The molecule has 0 unspecified atom stereocenters. The zero-order valence-electron chi connectivity index (χ0n) is 16.9. The van der Waals surface area contributed by atoms with Crippen molar-refractivity contribution in [2.24, 2.45) is 13.0 Å². The lowest BCUT2D eigenvalue weighted by molar-refractivity contribution is -0.126. The Morgan fingerprint density at radius 1 is 1.21 bits per heavy atom. The third-order valence-corrected chi connectivity index (χ3v) is 6.18. The molecule has 1 aromatic heterocycles. The van der Waals surface area contributed by atoms with Gasteiger partial charge in [-0.05, 0) is 68.4 Å². The van der Waals surface area contributed by atoms with Gasteiger partial charge in [-0.3, -0.25) is 14.3 Å². The predicted octanol–water partition coefficient (Wildman–Crippen LogP) is 2.59. The van der Waals surface area contributed by atoms with Gasteiger partial charge in [-0.2, -0.15) is 5.10 Å². The summed E-state index contributed by atoms with van der Waals surface area (Å²) in [5.74, 6) is -0.359. The monoisotopic (exact) mass is 380 g/mol. The fraction of sp³-hybridized carbons (Fsp3) is 0.500. The van der Waals surface area contributed by atoms with E-state index in [1.54, 1.807) is 4.90 Å². The second-order valence-electron chi connectivity index (χ2n) is 8.09. The van der Waals surface area contributed by atoms with E-state index in [0.29, 0.717) is 13.1 Å². The highest BCUT2D eigenvalue weighted by Gasteiger charge is 2.35. The minimum absolute atomic E-state index is 0.0126. The molecule has 1 N–H and O–H groups in total. The Morgan fingerprint density at radius 2 is 2.00 bits per heavy atom. The van der Waals surface area contributed by atoms with Crippen LogP contribution < -0.4 is 10.2 Å². The minimum Gasteiger partial charge on any atom is -0.350 e. The van der Waals surface area contributed by atoms with E-state index in [0.717, 1.165) is 29.8 Å². The van der Waals surface area contributed by atoms with Crippen LogP contribution in [0.3, 0.4) is 0 Å². The second-order valence-corrected chi connectivity index (χ2v) is 8.09. The lowest BCUT2D eigenvalue weighted by Crippen LogP contribution is -2.33. The number of nitrogens with zero attached hydrogens (tertiary/aromatic N) is 3. The highest BCUT2D eigenvalue weighted by molar-refractivity contribution is 6.00. The highest BCUT2D eigenvalue weighted by atomic mass is 16.2. The lowest BCUT2D eigenvalue weighted by Gasteiger charge is -2.18. The molecule has 6 nitrogen and oxygen atoms in total. The quantitative estimate of drug-likeness (QED) is 0.887. The molecule has 2 aromatic rings. The summed E-state index contributed by atoms with van der Waals surface area (Å²) in [7, 11) is 1.98. The minimum atomic E-state index is -0.311. The predicted molar refractivity (Wildman–Crippen MR) is 108 cm³/mol. The van der Waals surface area contributed by atoms with Crippen molar-refractivity contribution >= 4 is 17.5 Å². The molecule has 1 saturated heterocycles. The molecule has 28 heavy (non-hydrogen) atoms. The Balaban J connectivity index is 1.41. The number of rotatable bonds is 4. The van der Waals surface area contributed by atoms with Crippen LogP contribution in [0.15, 0.2) is 18.2 Å². The summed E-state index contributed by atoms with van der Waals surface area (Å²) in [6.45, 7) is 4.97. The topological polar surface area (TPSA) is 67.2 Å². The molecule has 0 bridgehead atoms. The zero-order chi connectivity index (χ0) is 19.8. The molecule has 4 rings (SSSR count). The summed E-state index contributed by atoms with van der Waals surface area (Å²) in [5.41, 5.74) is 6.80. The normalized spacial score (nSPS) is 19.0. The van der Waals surface area contributed by atoms with E-state index in [1.807, 2.05) is 36.9 Å². The Bertz CT molecular complexity index is 931. The highest BCUT2D eigenvalue weighted by Crippen LogP contribution is 2.27. The number of hydrogen-bond donors (Lipinski definition) is 1. The smallest absolute Gasteiger partial charge is 0.227 e. The number of amides is 2. The molecule has 2 heterocycles. The van der Waals surface area contributed by atoms with E-state index < -0.39 is 0 Å². The molecule has 2 aliphatic rings. The first kappa shape index (κ1) is 18.7. The van der Waals surface area contributed by atoms with Crippen LogP contribution in [-0.4, -0.2) is 28.1 Å². The SMILES string of the molecule is Cc1ccc(N2C[C@@H](C(=O)NCc3nn(C)c4c3CCCC4)CC2=O)cc1C. The molecule has 0 saturated carbocycles. The van der Waals surface area contributed by atoms with Crippen LogP contribution in [-0.2, 0) is 36.0 Å². The van der Waals surface area contributed by atoms with Gasteiger partial charge in [-0.25, -0.2) is 0 Å². The number of carbonyl (C=O) groups excluding carboxylic acids is 2. The molecule has 0 spiro atoms. The Kier molecular flexibility index (Phi) is 4.96. The maximum atomic E-state index is 12.7. The summed E-state index contributed by atoms with van der Waals surface area (Å²) in [5, 5.41) is 7.63. The van der Waals surface area contributed by atoms with Crippen molar-refractivity contribution in [2.75, 3.05) is 11.4 Å². The molecule has 148 valence electrons. The lowest BCUT2D eigenvalue weighted by atomic mass is 9.95. The van der Waals surface area contributed by atoms with Crippen molar-refractivity contribution < 1.29 is 9.59 Å². The number of anilines is 1. The molecular formula is C22H28N4O2. The standard InChI is InChI=1S/C22H28N4O2/c1-14-8-9-17(10-15(14)2)26-13-16(11-21(26)27)22(28)23-12-19-18-6-4-5-7-20(18)25(3)24-19/h8-10,16H,4-7,11-13H2,1-3H3,(H,23,28)/t16-/m0/s1. The van der Waals surface area contributed by atoms with Crippen LogP contribution in [0.25, 0.3) is 0 Å². The summed E-state index contributed by atoms with van der Waals surface area (Å²) < 4.78 is 1.95. The fourth-order valence-corrected chi connectivity index (χ4v) is 4.34. The van der Waals surface area contributed by atoms with Crippen molar-refractivity contribution in [3.05, 3.63) is 46.3 Å². The van der Waals surface area contributed by atoms with Crippen molar-refractivity contribution in [2.45, 2.75) is 52.5 Å². The Hall–Kier alpha value is -2.63. The molecule has 1 atom stereocenters. The van der Waals surface area contributed by atoms with Gasteiger partial charge in [0.2, 0.25) is 11.8 Å². The maximum absolute atomic E-state index is 12.7. The third kappa shape index (κ3) is 3.43. The van der Waals surface area contributed by atoms with Crippen LogP contribution in [0, 0.1) is 19.8 Å². The summed E-state index contributed by atoms with van der Waals surface area (Å²) in [6, 6.07) is 6.00. The number of nitrogens with one attached hydrogen (secondary N) is 1. The third-order valence-electron chi connectivity index (χ3n) is 6.18. The van der Waals surface area contributed by atoms with Crippen LogP contribution in [0.2, 0.25) is 0 Å². The number of aryl methyl sites for hydroxylation is 3. The van der Waals surface area contributed by atoms with Crippen LogP contribution in [0.4, 0.5) is 5.69 Å². The van der Waals surface area contributed by atoms with E-state index in [-0.39, 0.29) is 24.2 Å². The molecule has 1 aliphatic heterocycles. The van der Waals surface area contributed by atoms with Crippen LogP contribution in [0.1, 0.15) is 47.3 Å². The van der Waals surface area contributed by atoms with Gasteiger partial charge in [0.15, 0.2) is 0 Å². The van der Waals surface area contributed by atoms with Gasteiger partial charge in [0.1, 0.15) is 0 Å². The fourth-order valence-electron chi connectivity index (χ4n) is 4.34. The first-order valence-corrected chi connectivity index (χ1v) is 10.1. The van der Waals surface area contributed by atoms with E-state index >= 15 is 0 Å². The molecule has 1 fully saturated rings. The van der Waals surface area contributed by atoms with Gasteiger partial charge in [0.05, 0.1) is 18.2 Å². The van der Waals surface area contributed by atoms with Crippen LogP contribution >= 0.6 is 0 Å². The summed E-state index contributed by atoms with van der Waals surface area (Å²) in [6.07, 6.45) is 4.75. The van der Waals surface area contributed by atoms with Gasteiger partial charge < -0.3 is 10.2 Å². The number of benzene rings is 1. The van der Waals surface area contributed by atoms with E-state index in [1.165, 1.54) is 29.7 Å². The second kappa shape index (κ2) is 7.41. The Morgan fingerprint density at radius 3 is 2.79 bits per heavy atom. The molecule has 1 aliphatic carbocycles. The average molecular weight is 380 g/mol. The summed E-state index contributed by atoms with van der Waals surface area (Å²) >= 11 is 0. The van der Waals surface area contributed by atoms with Gasteiger partial charge in [-0.15, -0.1) is 0 Å². The van der Waals surface area contributed by atoms with E-state index in [4.69, 9.17) is 0 Å². The number of fused-ring (bicyclic) bond motifs is 1. The van der Waals surface area contributed by atoms with E-state index in [2.05, 4.69) is 17.3 Å².